The van der Waals surface area contributed by atoms with E-state index in [0.717, 1.165) is 0 Å². The molecule has 1 heterocycles. The second-order valence-corrected chi connectivity index (χ2v) is 5.18. The first-order chi connectivity index (χ1) is 8.41. The minimum atomic E-state index is -1.02. The summed E-state index contributed by atoms with van der Waals surface area (Å²) >= 11 is 3.24. The fourth-order valence-electron chi connectivity index (χ4n) is 1.54. The van der Waals surface area contributed by atoms with Crippen LogP contribution in [-0.2, 0) is 4.79 Å². The van der Waals surface area contributed by atoms with Gasteiger partial charge in [-0.05, 0) is 27.9 Å². The third-order valence-electron chi connectivity index (χ3n) is 2.20. The van der Waals surface area contributed by atoms with Gasteiger partial charge in [0.25, 0.3) is 5.91 Å². The van der Waals surface area contributed by atoms with Crippen LogP contribution in [0.15, 0.2) is 22.9 Å². The molecule has 0 aliphatic carbocycles. The summed E-state index contributed by atoms with van der Waals surface area (Å²) < 4.78 is 0.564. The van der Waals surface area contributed by atoms with Crippen molar-refractivity contribution in [1.29, 1.82) is 0 Å². The van der Waals surface area contributed by atoms with E-state index in [1.54, 1.807) is 6.07 Å². The van der Waals surface area contributed by atoms with E-state index in [0.29, 0.717) is 16.6 Å². The number of nitrogens with zero attached hydrogens (tertiary/aromatic N) is 2. The zero-order valence-electron chi connectivity index (χ0n) is 10.3. The molecule has 0 aliphatic heterocycles. The highest BCUT2D eigenvalue weighted by atomic mass is 79.9. The van der Waals surface area contributed by atoms with Gasteiger partial charge in [0.15, 0.2) is 0 Å². The summed E-state index contributed by atoms with van der Waals surface area (Å²) in [5.41, 5.74) is 0.423. The molecule has 98 valence electrons. The number of carbonyl (C=O) groups excluding carboxylic acids is 1. The molecule has 18 heavy (non-hydrogen) atoms. The lowest BCUT2D eigenvalue weighted by atomic mass is 10.1. The van der Waals surface area contributed by atoms with Crippen molar-refractivity contribution in [2.45, 2.75) is 13.8 Å². The van der Waals surface area contributed by atoms with Crippen LogP contribution >= 0.6 is 15.9 Å². The van der Waals surface area contributed by atoms with Gasteiger partial charge in [0.1, 0.15) is 6.54 Å². The lowest BCUT2D eigenvalue weighted by Crippen LogP contribution is -2.38. The van der Waals surface area contributed by atoms with Gasteiger partial charge >= 0.3 is 5.97 Å². The summed E-state index contributed by atoms with van der Waals surface area (Å²) in [5, 5.41) is 8.84. The van der Waals surface area contributed by atoms with Crippen LogP contribution in [0.5, 0.6) is 0 Å². The number of carbonyl (C=O) groups is 2. The third kappa shape index (κ3) is 4.10. The van der Waals surface area contributed by atoms with Crippen molar-refractivity contribution in [1.82, 2.24) is 9.88 Å². The van der Waals surface area contributed by atoms with Crippen molar-refractivity contribution >= 4 is 27.8 Å². The molecule has 0 atom stereocenters. The zero-order valence-corrected chi connectivity index (χ0v) is 11.8. The highest BCUT2D eigenvalue weighted by molar-refractivity contribution is 9.10. The minimum Gasteiger partial charge on any atom is -0.480 e. The largest absolute Gasteiger partial charge is 0.480 e. The maximum Gasteiger partial charge on any atom is 0.323 e. The molecule has 1 aromatic heterocycles. The van der Waals surface area contributed by atoms with Crippen molar-refractivity contribution in [3.05, 3.63) is 28.5 Å². The predicted molar refractivity (Wildman–Crippen MR) is 70.3 cm³/mol. The van der Waals surface area contributed by atoms with Crippen LogP contribution < -0.4 is 0 Å². The number of hydrogen-bond donors (Lipinski definition) is 1. The van der Waals surface area contributed by atoms with Crippen LogP contribution in [0, 0.1) is 5.92 Å². The number of halogens is 1. The highest BCUT2D eigenvalue weighted by Crippen LogP contribution is 2.17. The second kappa shape index (κ2) is 6.49. The number of carboxylic acid groups (broad SMARTS) is 1. The smallest absolute Gasteiger partial charge is 0.323 e. The molecule has 0 aliphatic rings. The Morgan fingerprint density at radius 1 is 1.50 bits per heavy atom. The van der Waals surface area contributed by atoms with Gasteiger partial charge in [-0.15, -0.1) is 0 Å². The molecule has 0 bridgehead atoms. The van der Waals surface area contributed by atoms with Crippen molar-refractivity contribution in [2.24, 2.45) is 5.92 Å². The molecule has 0 saturated heterocycles. The van der Waals surface area contributed by atoms with E-state index in [1.165, 1.54) is 17.3 Å². The molecule has 1 rings (SSSR count). The quantitative estimate of drug-likeness (QED) is 0.902. The van der Waals surface area contributed by atoms with Gasteiger partial charge in [0, 0.05) is 23.4 Å². The summed E-state index contributed by atoms with van der Waals surface area (Å²) in [5.74, 6) is -1.12. The average molecular weight is 315 g/mol. The number of aromatic nitrogens is 1. The number of aliphatic carboxylic acids is 1. The SMILES string of the molecule is CC(C)CN(CC(=O)O)C(=O)c1ccncc1Br. The normalized spacial score (nSPS) is 10.4. The Kier molecular flexibility index (Phi) is 5.27. The van der Waals surface area contributed by atoms with Crippen LogP contribution in [0.2, 0.25) is 0 Å². The Bertz CT molecular complexity index is 449. The van der Waals surface area contributed by atoms with Gasteiger partial charge in [0.2, 0.25) is 0 Å². The van der Waals surface area contributed by atoms with Gasteiger partial charge in [0.05, 0.1) is 5.56 Å². The second-order valence-electron chi connectivity index (χ2n) is 4.33. The maximum atomic E-state index is 12.2. The molecule has 0 aromatic carbocycles. The molecule has 1 N–H and O–H groups in total. The Balaban J connectivity index is 2.95. The molecule has 0 radical (unpaired) electrons. The fourth-order valence-corrected chi connectivity index (χ4v) is 1.96. The molecule has 0 fully saturated rings. The standard InChI is InChI=1S/C12H15BrN2O3/c1-8(2)6-15(7-11(16)17)12(18)9-3-4-14-5-10(9)13/h3-5,8H,6-7H2,1-2H3,(H,16,17). The van der Waals surface area contributed by atoms with E-state index in [9.17, 15) is 9.59 Å². The molecule has 0 unspecified atom stereocenters. The van der Waals surface area contributed by atoms with Crippen molar-refractivity contribution in [3.8, 4) is 0 Å². The van der Waals surface area contributed by atoms with Crippen LogP contribution in [-0.4, -0.2) is 40.0 Å². The van der Waals surface area contributed by atoms with Gasteiger partial charge in [-0.3, -0.25) is 14.6 Å². The number of pyridine rings is 1. The molecular weight excluding hydrogens is 300 g/mol. The molecule has 1 amide bonds. The van der Waals surface area contributed by atoms with Crippen molar-refractivity contribution in [3.63, 3.8) is 0 Å². The minimum absolute atomic E-state index is 0.203. The zero-order chi connectivity index (χ0) is 13.7. The van der Waals surface area contributed by atoms with E-state index in [2.05, 4.69) is 20.9 Å². The molecule has 0 saturated carbocycles. The molecule has 6 heteroatoms. The van der Waals surface area contributed by atoms with Gasteiger partial charge in [-0.25, -0.2) is 0 Å². The first kappa shape index (κ1) is 14.6. The number of carboxylic acids is 1. The highest BCUT2D eigenvalue weighted by Gasteiger charge is 2.21. The number of rotatable bonds is 5. The Morgan fingerprint density at radius 2 is 2.17 bits per heavy atom. The van der Waals surface area contributed by atoms with E-state index >= 15 is 0 Å². The lowest BCUT2D eigenvalue weighted by molar-refractivity contribution is -0.137. The van der Waals surface area contributed by atoms with E-state index in [1.807, 2.05) is 13.8 Å². The average Bonchev–Trinajstić information content (AvgIpc) is 2.26. The monoisotopic (exact) mass is 314 g/mol. The number of hydrogen-bond acceptors (Lipinski definition) is 3. The first-order valence-corrected chi connectivity index (χ1v) is 6.31. The summed E-state index contributed by atoms with van der Waals surface area (Å²) in [6.07, 6.45) is 3.02. The summed E-state index contributed by atoms with van der Waals surface area (Å²) in [6.45, 7) is 3.97. The number of amides is 1. The summed E-state index contributed by atoms with van der Waals surface area (Å²) in [6, 6.07) is 1.57. The van der Waals surface area contributed by atoms with Crippen LogP contribution in [0.25, 0.3) is 0 Å². The Morgan fingerprint density at radius 3 is 2.67 bits per heavy atom. The molecule has 1 aromatic rings. The Labute approximate surface area is 114 Å². The van der Waals surface area contributed by atoms with Gasteiger partial charge in [-0.1, -0.05) is 13.8 Å². The lowest BCUT2D eigenvalue weighted by Gasteiger charge is -2.23. The fraction of sp³-hybridized carbons (Fsp3) is 0.417. The molecule has 5 nitrogen and oxygen atoms in total. The maximum absolute atomic E-state index is 12.2. The van der Waals surface area contributed by atoms with Crippen LogP contribution in [0.4, 0.5) is 0 Å². The summed E-state index contributed by atoms with van der Waals surface area (Å²) in [4.78, 5) is 28.2. The van der Waals surface area contributed by atoms with Crippen molar-refractivity contribution in [2.75, 3.05) is 13.1 Å². The van der Waals surface area contributed by atoms with Gasteiger partial charge in [-0.2, -0.15) is 0 Å². The first-order valence-electron chi connectivity index (χ1n) is 5.52. The molecule has 0 spiro atoms. The topological polar surface area (TPSA) is 70.5 Å². The predicted octanol–water partition coefficient (Wildman–Crippen LogP) is 2.03. The van der Waals surface area contributed by atoms with Crippen LogP contribution in [0.3, 0.4) is 0 Å². The molecular formula is C12H15BrN2O3. The van der Waals surface area contributed by atoms with Gasteiger partial charge < -0.3 is 10.0 Å². The van der Waals surface area contributed by atoms with E-state index in [4.69, 9.17) is 5.11 Å². The summed E-state index contributed by atoms with van der Waals surface area (Å²) in [7, 11) is 0. The van der Waals surface area contributed by atoms with E-state index < -0.39 is 5.97 Å². The Hall–Kier alpha value is -1.43. The third-order valence-corrected chi connectivity index (χ3v) is 2.83. The van der Waals surface area contributed by atoms with E-state index in [-0.39, 0.29) is 18.4 Å². The van der Waals surface area contributed by atoms with Crippen molar-refractivity contribution < 1.29 is 14.7 Å². The van der Waals surface area contributed by atoms with Crippen LogP contribution in [0.1, 0.15) is 24.2 Å².